The van der Waals surface area contributed by atoms with Crippen LogP contribution in [0.3, 0.4) is 0 Å². The molecule has 0 saturated heterocycles. The van der Waals surface area contributed by atoms with Gasteiger partial charge in [-0.1, -0.05) is 0 Å². The molecule has 0 aliphatic heterocycles. The summed E-state index contributed by atoms with van der Waals surface area (Å²) >= 11 is 0. The summed E-state index contributed by atoms with van der Waals surface area (Å²) in [6.07, 6.45) is 4.09. The van der Waals surface area contributed by atoms with Crippen LogP contribution in [0.5, 0.6) is 0 Å². The van der Waals surface area contributed by atoms with Gasteiger partial charge in [-0.3, -0.25) is 4.79 Å². The Morgan fingerprint density at radius 3 is 2.19 bits per heavy atom. The zero-order chi connectivity index (χ0) is 15.4. The molecule has 1 aliphatic rings. The Bertz CT molecular complexity index is 461. The molecule has 0 bridgehead atoms. The van der Waals surface area contributed by atoms with Crippen LogP contribution in [0.15, 0.2) is 24.3 Å². The number of nitrogens with two attached hydrogens (primary N) is 1. The maximum atomic E-state index is 12.7. The highest BCUT2D eigenvalue weighted by molar-refractivity contribution is 5.94. The van der Waals surface area contributed by atoms with E-state index in [0.717, 1.165) is 43.5 Å². The number of anilines is 1. The van der Waals surface area contributed by atoms with E-state index in [1.54, 1.807) is 0 Å². The van der Waals surface area contributed by atoms with Gasteiger partial charge in [-0.25, -0.2) is 0 Å². The van der Waals surface area contributed by atoms with Gasteiger partial charge in [-0.15, -0.1) is 0 Å². The standard InChI is InChI=1S/C17H27N3O/c1-4-20(16-11-7-14(18)8-12-16)17(21)13-5-9-15(10-6-13)19(2)3/h5-6,9-10,14,16H,4,7-8,11-12,18H2,1-3H3. The van der Waals surface area contributed by atoms with Gasteiger partial charge in [0.05, 0.1) is 0 Å². The summed E-state index contributed by atoms with van der Waals surface area (Å²) in [6, 6.07) is 8.50. The zero-order valence-corrected chi connectivity index (χ0v) is 13.4. The fourth-order valence-electron chi connectivity index (χ4n) is 3.05. The van der Waals surface area contributed by atoms with Gasteiger partial charge in [0.25, 0.3) is 5.91 Å². The van der Waals surface area contributed by atoms with Crippen molar-refractivity contribution in [2.24, 2.45) is 5.73 Å². The summed E-state index contributed by atoms with van der Waals surface area (Å²) in [7, 11) is 4.00. The minimum Gasteiger partial charge on any atom is -0.378 e. The number of carbonyl (C=O) groups excluding carboxylic acids is 1. The minimum absolute atomic E-state index is 0.142. The van der Waals surface area contributed by atoms with E-state index in [1.807, 2.05) is 48.2 Å². The summed E-state index contributed by atoms with van der Waals surface area (Å²) in [6.45, 7) is 2.81. The van der Waals surface area contributed by atoms with Gasteiger partial charge >= 0.3 is 0 Å². The fraction of sp³-hybridized carbons (Fsp3) is 0.588. The average molecular weight is 289 g/mol. The Labute approximate surface area is 127 Å². The van der Waals surface area contributed by atoms with Crippen molar-refractivity contribution in [3.05, 3.63) is 29.8 Å². The predicted octanol–water partition coefficient (Wildman–Crippen LogP) is 2.48. The normalized spacial score (nSPS) is 21.9. The Hall–Kier alpha value is -1.55. The van der Waals surface area contributed by atoms with E-state index < -0.39 is 0 Å². The monoisotopic (exact) mass is 289 g/mol. The number of hydrogen-bond donors (Lipinski definition) is 1. The fourth-order valence-corrected chi connectivity index (χ4v) is 3.05. The van der Waals surface area contributed by atoms with Crippen molar-refractivity contribution in [3.8, 4) is 0 Å². The SMILES string of the molecule is CCN(C(=O)c1ccc(N(C)C)cc1)C1CCC(N)CC1. The van der Waals surface area contributed by atoms with Gasteiger partial charge in [0.15, 0.2) is 0 Å². The molecule has 0 spiro atoms. The Morgan fingerprint density at radius 2 is 1.71 bits per heavy atom. The van der Waals surface area contributed by atoms with Gasteiger partial charge in [0.2, 0.25) is 0 Å². The van der Waals surface area contributed by atoms with Crippen molar-refractivity contribution in [2.45, 2.75) is 44.7 Å². The average Bonchev–Trinajstić information content (AvgIpc) is 2.50. The maximum absolute atomic E-state index is 12.7. The zero-order valence-electron chi connectivity index (χ0n) is 13.4. The Balaban J connectivity index is 2.08. The van der Waals surface area contributed by atoms with Gasteiger partial charge < -0.3 is 15.5 Å². The number of hydrogen-bond acceptors (Lipinski definition) is 3. The molecule has 0 unspecified atom stereocenters. The van der Waals surface area contributed by atoms with Gasteiger partial charge in [0, 0.05) is 44.0 Å². The van der Waals surface area contributed by atoms with Crippen LogP contribution >= 0.6 is 0 Å². The molecule has 2 N–H and O–H groups in total. The van der Waals surface area contributed by atoms with Crippen LogP contribution in [0.1, 0.15) is 43.0 Å². The van der Waals surface area contributed by atoms with Crippen molar-refractivity contribution >= 4 is 11.6 Å². The third kappa shape index (κ3) is 3.76. The number of carbonyl (C=O) groups is 1. The lowest BCUT2D eigenvalue weighted by Crippen LogP contribution is -2.44. The second-order valence-electron chi connectivity index (χ2n) is 6.10. The van der Waals surface area contributed by atoms with E-state index in [0.29, 0.717) is 12.1 Å². The molecule has 1 saturated carbocycles. The lowest BCUT2D eigenvalue weighted by molar-refractivity contribution is 0.0640. The quantitative estimate of drug-likeness (QED) is 0.926. The summed E-state index contributed by atoms with van der Waals surface area (Å²) in [4.78, 5) is 16.8. The van der Waals surface area contributed by atoms with E-state index in [2.05, 4.69) is 6.92 Å². The lowest BCUT2D eigenvalue weighted by atomic mass is 9.90. The van der Waals surface area contributed by atoms with Gasteiger partial charge in [-0.2, -0.15) is 0 Å². The number of amides is 1. The van der Waals surface area contributed by atoms with Crippen LogP contribution < -0.4 is 10.6 Å². The van der Waals surface area contributed by atoms with Crippen LogP contribution in [0.25, 0.3) is 0 Å². The summed E-state index contributed by atoms with van der Waals surface area (Å²) in [5.41, 5.74) is 7.85. The number of rotatable bonds is 4. The molecule has 1 fully saturated rings. The number of nitrogens with zero attached hydrogens (tertiary/aromatic N) is 2. The Kier molecular flexibility index (Phi) is 5.23. The van der Waals surface area contributed by atoms with E-state index in [9.17, 15) is 4.79 Å². The molecule has 0 radical (unpaired) electrons. The largest absolute Gasteiger partial charge is 0.378 e. The molecule has 1 aromatic rings. The van der Waals surface area contributed by atoms with Crippen molar-refractivity contribution in [3.63, 3.8) is 0 Å². The second kappa shape index (κ2) is 6.94. The number of benzene rings is 1. The van der Waals surface area contributed by atoms with Crippen LogP contribution in [0, 0.1) is 0 Å². The molecule has 2 rings (SSSR count). The van der Waals surface area contributed by atoms with Crippen molar-refractivity contribution in [1.82, 2.24) is 4.90 Å². The molecule has 1 aliphatic carbocycles. The first-order chi connectivity index (χ1) is 10.0. The third-order valence-corrected chi connectivity index (χ3v) is 4.41. The predicted molar refractivity (Wildman–Crippen MR) is 87.7 cm³/mol. The van der Waals surface area contributed by atoms with Crippen molar-refractivity contribution < 1.29 is 4.79 Å². The second-order valence-corrected chi connectivity index (χ2v) is 6.10. The highest BCUT2D eigenvalue weighted by Gasteiger charge is 2.27. The first-order valence-electron chi connectivity index (χ1n) is 7.86. The van der Waals surface area contributed by atoms with E-state index in [1.165, 1.54) is 0 Å². The molecule has 4 nitrogen and oxygen atoms in total. The molecule has 0 aromatic heterocycles. The van der Waals surface area contributed by atoms with Crippen LogP contribution in [0.4, 0.5) is 5.69 Å². The third-order valence-electron chi connectivity index (χ3n) is 4.41. The lowest BCUT2D eigenvalue weighted by Gasteiger charge is -2.35. The highest BCUT2D eigenvalue weighted by Crippen LogP contribution is 2.24. The first-order valence-corrected chi connectivity index (χ1v) is 7.86. The van der Waals surface area contributed by atoms with Gasteiger partial charge in [-0.05, 0) is 56.9 Å². The van der Waals surface area contributed by atoms with Crippen molar-refractivity contribution in [2.75, 3.05) is 25.5 Å². The highest BCUT2D eigenvalue weighted by atomic mass is 16.2. The summed E-state index contributed by atoms with van der Waals surface area (Å²) < 4.78 is 0. The molecular weight excluding hydrogens is 262 g/mol. The van der Waals surface area contributed by atoms with Crippen LogP contribution in [0.2, 0.25) is 0 Å². The topological polar surface area (TPSA) is 49.6 Å². The molecule has 1 aromatic carbocycles. The molecule has 0 atom stereocenters. The minimum atomic E-state index is 0.142. The smallest absolute Gasteiger partial charge is 0.254 e. The molecule has 0 heterocycles. The summed E-state index contributed by atoms with van der Waals surface area (Å²) in [5.74, 6) is 0.142. The molecule has 116 valence electrons. The summed E-state index contributed by atoms with van der Waals surface area (Å²) in [5, 5.41) is 0. The van der Waals surface area contributed by atoms with Gasteiger partial charge in [0.1, 0.15) is 0 Å². The Morgan fingerprint density at radius 1 is 1.14 bits per heavy atom. The molecule has 21 heavy (non-hydrogen) atoms. The van der Waals surface area contributed by atoms with E-state index in [-0.39, 0.29) is 5.91 Å². The molecule has 1 amide bonds. The molecule has 4 heteroatoms. The molecular formula is C17H27N3O. The van der Waals surface area contributed by atoms with Crippen LogP contribution in [-0.2, 0) is 0 Å². The maximum Gasteiger partial charge on any atom is 0.254 e. The van der Waals surface area contributed by atoms with E-state index >= 15 is 0 Å². The first kappa shape index (κ1) is 15.8. The van der Waals surface area contributed by atoms with Crippen molar-refractivity contribution in [1.29, 1.82) is 0 Å². The van der Waals surface area contributed by atoms with E-state index in [4.69, 9.17) is 5.73 Å². The van der Waals surface area contributed by atoms with Crippen LogP contribution in [-0.4, -0.2) is 43.5 Å².